The predicted octanol–water partition coefficient (Wildman–Crippen LogP) is 2.79. The van der Waals surface area contributed by atoms with E-state index in [1.807, 2.05) is 25.1 Å². The van der Waals surface area contributed by atoms with Gasteiger partial charge in [-0.15, -0.1) is 0 Å². The summed E-state index contributed by atoms with van der Waals surface area (Å²) < 4.78 is 0. The maximum Gasteiger partial charge on any atom is 0.257 e. The molecule has 100 valence electrons. The van der Waals surface area contributed by atoms with Crippen LogP contribution in [0.15, 0.2) is 30.6 Å². The average molecular weight is 258 g/mol. The van der Waals surface area contributed by atoms with Crippen LogP contribution < -0.4 is 10.6 Å². The van der Waals surface area contributed by atoms with Gasteiger partial charge in [0.05, 0.1) is 0 Å². The van der Waals surface area contributed by atoms with E-state index in [1.54, 1.807) is 12.4 Å². The number of imidazole rings is 1. The van der Waals surface area contributed by atoms with Crippen molar-refractivity contribution in [1.29, 1.82) is 0 Å². The van der Waals surface area contributed by atoms with Gasteiger partial charge in [0.25, 0.3) is 5.91 Å². The molecule has 0 unspecified atom stereocenters. The number of aryl methyl sites for hydroxylation is 1. The number of benzene rings is 1. The Bertz CT molecular complexity index is 549. The monoisotopic (exact) mass is 258 g/mol. The fraction of sp³-hybridized carbons (Fsp3) is 0.286. The Morgan fingerprint density at radius 1 is 1.42 bits per heavy atom. The maximum absolute atomic E-state index is 12.0. The molecule has 2 rings (SSSR count). The number of amides is 1. The zero-order valence-corrected chi connectivity index (χ0v) is 11.2. The van der Waals surface area contributed by atoms with Crippen LogP contribution in [0.25, 0.3) is 0 Å². The van der Waals surface area contributed by atoms with Crippen LogP contribution in [-0.2, 0) is 0 Å². The molecule has 1 aromatic carbocycles. The Kier molecular flexibility index (Phi) is 4.18. The summed E-state index contributed by atoms with van der Waals surface area (Å²) in [6.07, 6.45) is 4.33. The first-order chi connectivity index (χ1) is 9.20. The summed E-state index contributed by atoms with van der Waals surface area (Å²) in [5.74, 6) is 0.288. The zero-order valence-electron chi connectivity index (χ0n) is 11.2. The number of rotatable bonds is 5. The summed E-state index contributed by atoms with van der Waals surface area (Å²) >= 11 is 0. The first-order valence-corrected chi connectivity index (χ1v) is 6.36. The first-order valence-electron chi connectivity index (χ1n) is 6.36. The van der Waals surface area contributed by atoms with Crippen LogP contribution in [0.3, 0.4) is 0 Å². The summed E-state index contributed by atoms with van der Waals surface area (Å²) in [5, 5.41) is 6.03. The van der Waals surface area contributed by atoms with Crippen LogP contribution in [-0.4, -0.2) is 22.4 Å². The molecule has 0 aliphatic rings. The van der Waals surface area contributed by atoms with E-state index < -0.39 is 0 Å². The van der Waals surface area contributed by atoms with Crippen molar-refractivity contribution in [3.63, 3.8) is 0 Å². The number of hydrogen-bond acceptors (Lipinski definition) is 3. The van der Waals surface area contributed by atoms with Crippen molar-refractivity contribution in [1.82, 2.24) is 9.97 Å². The smallest absolute Gasteiger partial charge is 0.257 e. The molecular formula is C14H18N4O. The van der Waals surface area contributed by atoms with E-state index in [9.17, 15) is 4.79 Å². The second-order valence-corrected chi connectivity index (χ2v) is 4.35. The van der Waals surface area contributed by atoms with Gasteiger partial charge in [-0.2, -0.15) is 0 Å². The number of anilines is 2. The third-order valence-electron chi connectivity index (χ3n) is 2.78. The summed E-state index contributed by atoms with van der Waals surface area (Å²) in [4.78, 5) is 18.8. The molecule has 5 nitrogen and oxygen atoms in total. The molecule has 5 heteroatoms. The quantitative estimate of drug-likeness (QED) is 0.772. The lowest BCUT2D eigenvalue weighted by Crippen LogP contribution is -2.13. The highest BCUT2D eigenvalue weighted by Crippen LogP contribution is 2.17. The van der Waals surface area contributed by atoms with Crippen LogP contribution in [0.4, 0.5) is 11.6 Å². The highest BCUT2D eigenvalue weighted by Gasteiger charge is 2.08. The number of aromatic nitrogens is 2. The molecule has 0 bridgehead atoms. The molecule has 0 fully saturated rings. The Morgan fingerprint density at radius 3 is 2.89 bits per heavy atom. The second kappa shape index (κ2) is 6.04. The van der Waals surface area contributed by atoms with Crippen molar-refractivity contribution in [2.24, 2.45) is 0 Å². The van der Waals surface area contributed by atoms with E-state index >= 15 is 0 Å². The van der Waals surface area contributed by atoms with Crippen molar-refractivity contribution in [2.45, 2.75) is 20.3 Å². The van der Waals surface area contributed by atoms with Crippen molar-refractivity contribution >= 4 is 17.5 Å². The molecule has 0 aliphatic heterocycles. The Labute approximate surface area is 112 Å². The minimum absolute atomic E-state index is 0.167. The van der Waals surface area contributed by atoms with Crippen LogP contribution in [0.1, 0.15) is 29.3 Å². The van der Waals surface area contributed by atoms with E-state index in [4.69, 9.17) is 0 Å². The maximum atomic E-state index is 12.0. The lowest BCUT2D eigenvalue weighted by Gasteiger charge is -2.10. The minimum atomic E-state index is -0.167. The van der Waals surface area contributed by atoms with Gasteiger partial charge >= 0.3 is 0 Å². The molecular weight excluding hydrogens is 240 g/mol. The van der Waals surface area contributed by atoms with E-state index in [1.165, 1.54) is 0 Å². The van der Waals surface area contributed by atoms with Crippen molar-refractivity contribution in [2.75, 3.05) is 17.2 Å². The van der Waals surface area contributed by atoms with Crippen LogP contribution in [0, 0.1) is 6.92 Å². The lowest BCUT2D eigenvalue weighted by atomic mass is 10.1. The van der Waals surface area contributed by atoms with Crippen LogP contribution in [0.2, 0.25) is 0 Å². The molecule has 2 aromatic rings. The van der Waals surface area contributed by atoms with Crippen molar-refractivity contribution < 1.29 is 4.79 Å². The van der Waals surface area contributed by atoms with E-state index in [0.29, 0.717) is 11.5 Å². The van der Waals surface area contributed by atoms with E-state index in [0.717, 1.165) is 24.2 Å². The summed E-state index contributed by atoms with van der Waals surface area (Å²) in [6.45, 7) is 5.04. The van der Waals surface area contributed by atoms with Gasteiger partial charge < -0.3 is 10.3 Å². The van der Waals surface area contributed by atoms with Gasteiger partial charge in [-0.05, 0) is 37.1 Å². The van der Waals surface area contributed by atoms with Gasteiger partial charge in [-0.1, -0.05) is 6.92 Å². The van der Waals surface area contributed by atoms with Crippen molar-refractivity contribution in [3.05, 3.63) is 41.7 Å². The number of nitrogens with one attached hydrogen (secondary N) is 3. The summed E-state index contributed by atoms with van der Waals surface area (Å²) in [5.41, 5.74) is 2.74. The molecule has 0 spiro atoms. The average Bonchev–Trinajstić information content (AvgIpc) is 2.90. The topological polar surface area (TPSA) is 69.8 Å². The molecule has 0 atom stereocenters. The first kappa shape index (κ1) is 13.1. The largest absolute Gasteiger partial charge is 0.385 e. The lowest BCUT2D eigenvalue weighted by molar-refractivity contribution is 0.102. The highest BCUT2D eigenvalue weighted by atomic mass is 16.1. The fourth-order valence-corrected chi connectivity index (χ4v) is 1.78. The Hall–Kier alpha value is -2.30. The number of carbonyl (C=O) groups excluding carboxylic acids is 1. The SMILES string of the molecule is CCCNc1ccc(C(=O)Nc2ncc[nH]2)cc1C. The number of H-pyrrole nitrogens is 1. The number of aromatic amines is 1. The molecule has 0 saturated carbocycles. The molecule has 19 heavy (non-hydrogen) atoms. The van der Waals surface area contributed by atoms with Gasteiger partial charge in [0.2, 0.25) is 5.95 Å². The van der Waals surface area contributed by atoms with Crippen LogP contribution in [0.5, 0.6) is 0 Å². The molecule has 1 aromatic heterocycles. The molecule has 1 amide bonds. The molecule has 1 heterocycles. The minimum Gasteiger partial charge on any atom is -0.385 e. The fourth-order valence-electron chi connectivity index (χ4n) is 1.78. The van der Waals surface area contributed by atoms with Crippen LogP contribution >= 0.6 is 0 Å². The summed E-state index contributed by atoms with van der Waals surface area (Å²) in [7, 11) is 0. The molecule has 0 radical (unpaired) electrons. The third kappa shape index (κ3) is 3.34. The van der Waals surface area contributed by atoms with E-state index in [-0.39, 0.29) is 5.91 Å². The van der Waals surface area contributed by atoms with Gasteiger partial charge in [-0.25, -0.2) is 4.98 Å². The molecule has 0 aliphatic carbocycles. The Balaban J connectivity index is 2.08. The Morgan fingerprint density at radius 2 is 2.26 bits per heavy atom. The zero-order chi connectivity index (χ0) is 13.7. The summed E-state index contributed by atoms with van der Waals surface area (Å²) in [6, 6.07) is 5.61. The highest BCUT2D eigenvalue weighted by molar-refractivity contribution is 6.03. The van der Waals surface area contributed by atoms with E-state index in [2.05, 4.69) is 27.5 Å². The number of carbonyl (C=O) groups is 1. The second-order valence-electron chi connectivity index (χ2n) is 4.35. The van der Waals surface area contributed by atoms with Gasteiger partial charge in [-0.3, -0.25) is 10.1 Å². The molecule has 3 N–H and O–H groups in total. The van der Waals surface area contributed by atoms with Gasteiger partial charge in [0, 0.05) is 30.2 Å². The van der Waals surface area contributed by atoms with Crippen molar-refractivity contribution in [3.8, 4) is 0 Å². The van der Waals surface area contributed by atoms with Gasteiger partial charge in [0.15, 0.2) is 0 Å². The van der Waals surface area contributed by atoms with Gasteiger partial charge in [0.1, 0.15) is 0 Å². The normalized spacial score (nSPS) is 10.2. The third-order valence-corrected chi connectivity index (χ3v) is 2.78. The number of hydrogen-bond donors (Lipinski definition) is 3. The number of nitrogens with zero attached hydrogens (tertiary/aromatic N) is 1. The molecule has 0 saturated heterocycles. The predicted molar refractivity (Wildman–Crippen MR) is 76.5 cm³/mol. The standard InChI is InChI=1S/C14H18N4O/c1-3-6-15-12-5-4-11(9-10(12)2)13(19)18-14-16-7-8-17-14/h4-5,7-9,15H,3,6H2,1-2H3,(H2,16,17,18,19).